The van der Waals surface area contributed by atoms with Crippen LogP contribution in [0, 0.1) is 6.92 Å². The monoisotopic (exact) mass is 454 g/mol. The zero-order chi connectivity index (χ0) is 17.2. The Morgan fingerprint density at radius 2 is 1.88 bits per heavy atom. The van der Waals surface area contributed by atoms with Crippen molar-refractivity contribution in [3.63, 3.8) is 0 Å². The molecule has 0 radical (unpaired) electrons. The maximum absolute atomic E-state index is 5.42. The maximum atomic E-state index is 5.42. The number of aliphatic imine (C=N–C) groups is 1. The van der Waals surface area contributed by atoms with Crippen molar-refractivity contribution in [1.82, 2.24) is 15.6 Å². The standard InChI is InChI=1S/C19H26N4O.HI/c1-15-7-8-18(24-3)16(14-15)9-12-22-19(20-2)23-13-10-17-6-4-5-11-21-17;/h4-8,11,14H,9-10,12-13H2,1-3H3,(H2,20,22,23);1H. The Bertz CT molecular complexity index is 662. The van der Waals surface area contributed by atoms with Crippen LogP contribution in [-0.2, 0) is 12.8 Å². The number of hydrogen-bond acceptors (Lipinski definition) is 3. The molecule has 0 atom stereocenters. The Labute approximate surface area is 167 Å². The van der Waals surface area contributed by atoms with Crippen LogP contribution in [0.15, 0.2) is 47.6 Å². The van der Waals surface area contributed by atoms with Crippen molar-refractivity contribution in [2.24, 2.45) is 4.99 Å². The molecule has 2 aromatic rings. The van der Waals surface area contributed by atoms with E-state index in [-0.39, 0.29) is 24.0 Å². The molecule has 2 N–H and O–H groups in total. The van der Waals surface area contributed by atoms with Crippen LogP contribution in [0.25, 0.3) is 0 Å². The number of hydrogen-bond donors (Lipinski definition) is 2. The summed E-state index contributed by atoms with van der Waals surface area (Å²) < 4.78 is 5.42. The topological polar surface area (TPSA) is 58.5 Å². The third-order valence-electron chi connectivity index (χ3n) is 3.75. The summed E-state index contributed by atoms with van der Waals surface area (Å²) in [6.45, 7) is 3.68. The average Bonchev–Trinajstić information content (AvgIpc) is 2.61. The quantitative estimate of drug-likeness (QED) is 0.384. The van der Waals surface area contributed by atoms with Gasteiger partial charge in [0.15, 0.2) is 5.96 Å². The van der Waals surface area contributed by atoms with E-state index in [9.17, 15) is 0 Å². The fourth-order valence-corrected chi connectivity index (χ4v) is 2.49. The van der Waals surface area contributed by atoms with Crippen LogP contribution >= 0.6 is 24.0 Å². The van der Waals surface area contributed by atoms with Gasteiger partial charge in [-0.1, -0.05) is 23.8 Å². The Balaban J connectivity index is 0.00000312. The second-order valence-corrected chi connectivity index (χ2v) is 5.56. The van der Waals surface area contributed by atoms with Gasteiger partial charge in [-0.05, 0) is 37.1 Å². The number of guanidine groups is 1. The molecule has 0 unspecified atom stereocenters. The molecular weight excluding hydrogens is 427 g/mol. The second kappa shape index (κ2) is 11.7. The normalized spacial score (nSPS) is 10.8. The highest BCUT2D eigenvalue weighted by molar-refractivity contribution is 14.0. The molecule has 1 heterocycles. The molecule has 1 aromatic heterocycles. The summed E-state index contributed by atoms with van der Waals surface area (Å²) in [6.07, 6.45) is 3.57. The van der Waals surface area contributed by atoms with Gasteiger partial charge in [0, 0.05) is 38.4 Å². The van der Waals surface area contributed by atoms with Gasteiger partial charge in [-0.3, -0.25) is 9.98 Å². The molecule has 0 fully saturated rings. The highest BCUT2D eigenvalue weighted by Crippen LogP contribution is 2.19. The lowest BCUT2D eigenvalue weighted by Crippen LogP contribution is -2.39. The summed E-state index contributed by atoms with van der Waals surface area (Å²) in [4.78, 5) is 8.57. The number of pyridine rings is 1. The fourth-order valence-electron chi connectivity index (χ4n) is 2.49. The molecule has 0 aliphatic carbocycles. The van der Waals surface area contributed by atoms with Crippen LogP contribution in [0.3, 0.4) is 0 Å². The number of nitrogens with one attached hydrogen (secondary N) is 2. The van der Waals surface area contributed by atoms with Gasteiger partial charge in [0.25, 0.3) is 0 Å². The Kier molecular flexibility index (Phi) is 9.91. The van der Waals surface area contributed by atoms with E-state index in [1.807, 2.05) is 30.5 Å². The van der Waals surface area contributed by atoms with Crippen molar-refractivity contribution in [2.45, 2.75) is 19.8 Å². The number of rotatable bonds is 7. The first kappa shape index (κ1) is 21.2. The zero-order valence-corrected chi connectivity index (χ0v) is 17.4. The van der Waals surface area contributed by atoms with Crippen LogP contribution in [-0.4, -0.2) is 38.2 Å². The van der Waals surface area contributed by atoms with Crippen molar-refractivity contribution >= 4 is 29.9 Å². The zero-order valence-electron chi connectivity index (χ0n) is 15.1. The molecule has 5 nitrogen and oxygen atoms in total. The maximum Gasteiger partial charge on any atom is 0.190 e. The summed E-state index contributed by atoms with van der Waals surface area (Å²) >= 11 is 0. The molecule has 0 amide bonds. The SMILES string of the molecule is CN=C(NCCc1ccccn1)NCCc1cc(C)ccc1OC.I. The van der Waals surface area contributed by atoms with Gasteiger partial charge in [0.05, 0.1) is 7.11 Å². The first-order valence-corrected chi connectivity index (χ1v) is 8.21. The van der Waals surface area contributed by atoms with Gasteiger partial charge in [-0.25, -0.2) is 0 Å². The van der Waals surface area contributed by atoms with Crippen LogP contribution in [0.1, 0.15) is 16.8 Å². The van der Waals surface area contributed by atoms with E-state index in [1.54, 1.807) is 14.2 Å². The van der Waals surface area contributed by atoms with Crippen molar-refractivity contribution in [3.8, 4) is 5.75 Å². The number of aromatic nitrogens is 1. The highest BCUT2D eigenvalue weighted by Gasteiger charge is 2.04. The van der Waals surface area contributed by atoms with E-state index in [0.717, 1.165) is 43.3 Å². The number of ether oxygens (including phenoxy) is 1. The molecule has 136 valence electrons. The number of aryl methyl sites for hydroxylation is 1. The van der Waals surface area contributed by atoms with Crippen molar-refractivity contribution in [1.29, 1.82) is 0 Å². The molecule has 0 spiro atoms. The molecule has 0 saturated heterocycles. The van der Waals surface area contributed by atoms with Gasteiger partial charge >= 0.3 is 0 Å². The third kappa shape index (κ3) is 7.29. The molecule has 25 heavy (non-hydrogen) atoms. The smallest absolute Gasteiger partial charge is 0.190 e. The summed E-state index contributed by atoms with van der Waals surface area (Å²) in [5, 5.41) is 6.65. The van der Waals surface area contributed by atoms with Crippen LogP contribution in [0.5, 0.6) is 5.75 Å². The lowest BCUT2D eigenvalue weighted by Gasteiger charge is -2.13. The largest absolute Gasteiger partial charge is 0.496 e. The molecule has 2 rings (SSSR count). The Morgan fingerprint density at radius 3 is 2.52 bits per heavy atom. The first-order chi connectivity index (χ1) is 11.7. The number of nitrogens with zero attached hydrogens (tertiary/aromatic N) is 2. The Morgan fingerprint density at radius 1 is 1.12 bits per heavy atom. The molecule has 6 heteroatoms. The molecule has 0 bridgehead atoms. The summed E-state index contributed by atoms with van der Waals surface area (Å²) in [7, 11) is 3.49. The van der Waals surface area contributed by atoms with E-state index in [2.05, 4.69) is 39.7 Å². The molecular formula is C19H27IN4O. The molecule has 0 saturated carbocycles. The van der Waals surface area contributed by atoms with Gasteiger partial charge in [-0.2, -0.15) is 0 Å². The average molecular weight is 454 g/mol. The van der Waals surface area contributed by atoms with E-state index in [0.29, 0.717) is 0 Å². The lowest BCUT2D eigenvalue weighted by atomic mass is 10.1. The minimum atomic E-state index is 0. The van der Waals surface area contributed by atoms with Crippen molar-refractivity contribution in [3.05, 3.63) is 59.4 Å². The summed E-state index contributed by atoms with van der Waals surface area (Å²) in [6, 6.07) is 12.2. The second-order valence-electron chi connectivity index (χ2n) is 5.56. The fraction of sp³-hybridized carbons (Fsp3) is 0.368. The minimum absolute atomic E-state index is 0. The molecule has 0 aliphatic rings. The first-order valence-electron chi connectivity index (χ1n) is 8.21. The lowest BCUT2D eigenvalue weighted by molar-refractivity contribution is 0.409. The van der Waals surface area contributed by atoms with Gasteiger partial charge in [0.1, 0.15) is 5.75 Å². The summed E-state index contributed by atoms with van der Waals surface area (Å²) in [5.74, 6) is 1.73. The van der Waals surface area contributed by atoms with Crippen LogP contribution < -0.4 is 15.4 Å². The van der Waals surface area contributed by atoms with Crippen LogP contribution in [0.4, 0.5) is 0 Å². The van der Waals surface area contributed by atoms with Crippen molar-refractivity contribution < 1.29 is 4.74 Å². The highest BCUT2D eigenvalue weighted by atomic mass is 127. The van der Waals surface area contributed by atoms with E-state index >= 15 is 0 Å². The van der Waals surface area contributed by atoms with E-state index in [4.69, 9.17) is 4.74 Å². The van der Waals surface area contributed by atoms with Crippen molar-refractivity contribution in [2.75, 3.05) is 27.2 Å². The minimum Gasteiger partial charge on any atom is -0.496 e. The van der Waals surface area contributed by atoms with Gasteiger partial charge < -0.3 is 15.4 Å². The van der Waals surface area contributed by atoms with E-state index in [1.165, 1.54) is 11.1 Å². The predicted octanol–water partition coefficient (Wildman–Crippen LogP) is 2.97. The summed E-state index contributed by atoms with van der Waals surface area (Å²) in [5.41, 5.74) is 3.52. The molecule has 1 aromatic carbocycles. The number of benzene rings is 1. The van der Waals surface area contributed by atoms with E-state index < -0.39 is 0 Å². The van der Waals surface area contributed by atoms with Gasteiger partial charge in [-0.15, -0.1) is 24.0 Å². The predicted molar refractivity (Wildman–Crippen MR) is 114 cm³/mol. The van der Waals surface area contributed by atoms with Gasteiger partial charge in [0.2, 0.25) is 0 Å². The van der Waals surface area contributed by atoms with Crippen LogP contribution in [0.2, 0.25) is 0 Å². The molecule has 0 aliphatic heterocycles. The number of methoxy groups -OCH3 is 1. The number of halogens is 1. The Hall–Kier alpha value is -1.83. The third-order valence-corrected chi connectivity index (χ3v) is 3.75.